The number of ketones is 1. The van der Waals surface area contributed by atoms with Gasteiger partial charge in [-0.15, -0.1) is 0 Å². The van der Waals surface area contributed by atoms with Gasteiger partial charge in [-0.1, -0.05) is 13.8 Å². The molecule has 0 aliphatic carbocycles. The topological polar surface area (TPSA) is 101 Å². The van der Waals surface area contributed by atoms with Crippen molar-refractivity contribution in [2.75, 3.05) is 0 Å². The molecule has 0 radical (unpaired) electrons. The molecule has 0 saturated heterocycles. The van der Waals surface area contributed by atoms with E-state index in [1.807, 2.05) is 0 Å². The van der Waals surface area contributed by atoms with Gasteiger partial charge in [0.25, 0.3) is 5.78 Å². The van der Waals surface area contributed by atoms with Gasteiger partial charge in [-0.2, -0.15) is 0 Å². The van der Waals surface area contributed by atoms with E-state index in [-0.39, 0.29) is 0 Å². The first-order valence-corrected chi connectivity index (χ1v) is 7.05. The van der Waals surface area contributed by atoms with E-state index in [0.29, 0.717) is 0 Å². The molecule has 18 heavy (non-hydrogen) atoms. The second-order valence-electron chi connectivity index (χ2n) is 5.71. The second-order valence-corrected chi connectivity index (χ2v) is 8.14. The number of Topliss-reactive ketones (excluding diaryl/α,β-unsaturated/α-hetero) is 1. The second kappa shape index (κ2) is 4.97. The maximum Gasteiger partial charge on any atom is 0.374 e. The van der Waals surface area contributed by atoms with Crippen LogP contribution in [0.1, 0.15) is 41.5 Å². The van der Waals surface area contributed by atoms with Crippen LogP contribution in [0, 0.1) is 5.92 Å². The zero-order chi connectivity index (χ0) is 14.9. The summed E-state index contributed by atoms with van der Waals surface area (Å²) in [5.41, 5.74) is -1.65. The molecule has 0 saturated carbocycles. The lowest BCUT2D eigenvalue weighted by Crippen LogP contribution is -2.60. The van der Waals surface area contributed by atoms with Gasteiger partial charge in [0.2, 0.25) is 10.0 Å². The fraction of sp³-hybridized carbons (Fsp3) is 0.818. The number of rotatable bonds is 5. The highest BCUT2D eigenvalue weighted by atomic mass is 32.2. The van der Waals surface area contributed by atoms with Crippen molar-refractivity contribution in [3.05, 3.63) is 0 Å². The Morgan fingerprint density at radius 1 is 1.11 bits per heavy atom. The van der Waals surface area contributed by atoms with E-state index in [9.17, 15) is 18.0 Å². The lowest BCUT2D eigenvalue weighted by Gasteiger charge is -2.34. The Kier molecular flexibility index (Phi) is 4.71. The van der Waals surface area contributed by atoms with Crippen LogP contribution in [0.15, 0.2) is 0 Å². The van der Waals surface area contributed by atoms with E-state index in [4.69, 9.17) is 5.11 Å². The molecule has 2 N–H and O–H groups in total. The van der Waals surface area contributed by atoms with Crippen molar-refractivity contribution in [2.45, 2.75) is 51.8 Å². The van der Waals surface area contributed by atoms with E-state index >= 15 is 0 Å². The largest absolute Gasteiger partial charge is 0.475 e. The summed E-state index contributed by atoms with van der Waals surface area (Å²) in [4.78, 5) is 22.5. The van der Waals surface area contributed by atoms with Crippen molar-refractivity contribution in [1.82, 2.24) is 4.72 Å². The highest BCUT2D eigenvalue weighted by Crippen LogP contribution is 2.23. The van der Waals surface area contributed by atoms with Gasteiger partial charge >= 0.3 is 5.97 Å². The molecule has 0 aromatic heterocycles. The highest BCUT2D eigenvalue weighted by molar-refractivity contribution is 7.90. The fourth-order valence-electron chi connectivity index (χ4n) is 1.08. The van der Waals surface area contributed by atoms with Crippen molar-refractivity contribution in [1.29, 1.82) is 0 Å². The van der Waals surface area contributed by atoms with Crippen LogP contribution in [0.25, 0.3) is 0 Å². The first kappa shape index (κ1) is 17.1. The van der Waals surface area contributed by atoms with Crippen molar-refractivity contribution < 1.29 is 23.1 Å². The van der Waals surface area contributed by atoms with Crippen molar-refractivity contribution >= 4 is 21.8 Å². The highest BCUT2D eigenvalue weighted by Gasteiger charge is 2.46. The first-order valence-electron chi connectivity index (χ1n) is 5.57. The minimum atomic E-state index is -3.81. The minimum Gasteiger partial charge on any atom is -0.475 e. The third-order valence-electron chi connectivity index (χ3n) is 2.97. The van der Waals surface area contributed by atoms with Crippen LogP contribution in [-0.2, 0) is 19.6 Å². The van der Waals surface area contributed by atoms with Crippen LogP contribution in [0.5, 0.6) is 0 Å². The number of hydrogen-bond acceptors (Lipinski definition) is 4. The Hall–Kier alpha value is -0.950. The van der Waals surface area contributed by atoms with Gasteiger partial charge < -0.3 is 5.11 Å². The monoisotopic (exact) mass is 279 g/mol. The van der Waals surface area contributed by atoms with Crippen molar-refractivity contribution in [3.8, 4) is 0 Å². The third kappa shape index (κ3) is 3.29. The van der Waals surface area contributed by atoms with Gasteiger partial charge in [0.1, 0.15) is 5.54 Å². The summed E-state index contributed by atoms with van der Waals surface area (Å²) < 4.78 is 25.2. The number of carboxylic acid groups (broad SMARTS) is 1. The van der Waals surface area contributed by atoms with E-state index in [2.05, 4.69) is 4.72 Å². The molecule has 0 aliphatic rings. The van der Waals surface area contributed by atoms with Crippen LogP contribution in [0.2, 0.25) is 0 Å². The molecule has 0 aliphatic heterocycles. The molecule has 6 nitrogen and oxygen atoms in total. The Morgan fingerprint density at radius 3 is 1.72 bits per heavy atom. The average Bonchev–Trinajstić information content (AvgIpc) is 2.13. The Bertz CT molecular complexity index is 447. The van der Waals surface area contributed by atoms with E-state index < -0.39 is 38.0 Å². The smallest absolute Gasteiger partial charge is 0.374 e. The maximum atomic E-state index is 12.0. The Morgan fingerprint density at radius 2 is 1.50 bits per heavy atom. The van der Waals surface area contributed by atoms with Crippen LogP contribution in [0.3, 0.4) is 0 Å². The van der Waals surface area contributed by atoms with E-state index in [1.165, 1.54) is 27.7 Å². The van der Waals surface area contributed by atoms with E-state index in [0.717, 1.165) is 0 Å². The molecule has 0 heterocycles. The fourth-order valence-corrected chi connectivity index (χ4v) is 2.27. The average molecular weight is 279 g/mol. The van der Waals surface area contributed by atoms with Gasteiger partial charge in [0, 0.05) is 0 Å². The summed E-state index contributed by atoms with van der Waals surface area (Å²) in [5, 5.41) is 8.78. The summed E-state index contributed by atoms with van der Waals surface area (Å²) in [5.74, 6) is -3.30. The summed E-state index contributed by atoms with van der Waals surface area (Å²) in [6.45, 7) is 8.89. The molecule has 0 rings (SSSR count). The Balaban J connectivity index is 5.59. The normalized spacial score (nSPS) is 16.4. The number of sulfonamides is 1. The van der Waals surface area contributed by atoms with Gasteiger partial charge in [-0.05, 0) is 33.6 Å². The summed E-state index contributed by atoms with van der Waals surface area (Å²) in [6.07, 6.45) is 0. The number of carbonyl (C=O) groups is 2. The molecule has 106 valence electrons. The molecule has 7 heteroatoms. The molecule has 0 fully saturated rings. The van der Waals surface area contributed by atoms with Crippen molar-refractivity contribution in [3.63, 3.8) is 0 Å². The van der Waals surface area contributed by atoms with Gasteiger partial charge in [-0.25, -0.2) is 17.9 Å². The minimum absolute atomic E-state index is 0.488. The van der Waals surface area contributed by atoms with Crippen molar-refractivity contribution in [2.24, 2.45) is 5.92 Å². The molecule has 0 aromatic rings. The zero-order valence-corrected chi connectivity index (χ0v) is 12.4. The molecule has 0 aromatic carbocycles. The lowest BCUT2D eigenvalue weighted by molar-refractivity contribution is -0.152. The maximum absolute atomic E-state index is 12.0. The number of hydrogen-bond donors (Lipinski definition) is 2. The van der Waals surface area contributed by atoms with Crippen LogP contribution >= 0.6 is 0 Å². The molecule has 0 amide bonds. The number of carboxylic acids is 1. The number of carbonyl (C=O) groups excluding carboxylic acids is 1. The summed E-state index contributed by atoms with van der Waals surface area (Å²) in [7, 11) is -3.81. The van der Waals surface area contributed by atoms with Crippen LogP contribution in [0.4, 0.5) is 0 Å². The van der Waals surface area contributed by atoms with Gasteiger partial charge in [0.05, 0.1) is 4.75 Å². The van der Waals surface area contributed by atoms with Crippen LogP contribution < -0.4 is 4.72 Å². The first-order chi connectivity index (χ1) is 7.75. The number of nitrogens with one attached hydrogen (secondary N) is 1. The van der Waals surface area contributed by atoms with Crippen LogP contribution in [-0.4, -0.2) is 35.6 Å². The zero-order valence-electron chi connectivity index (χ0n) is 11.6. The Labute approximate surface area is 108 Å². The molecular weight excluding hydrogens is 258 g/mol. The quantitative estimate of drug-likeness (QED) is 0.724. The predicted molar refractivity (Wildman–Crippen MR) is 67.7 cm³/mol. The molecule has 0 bridgehead atoms. The molecular formula is C11H21NO5S. The van der Waals surface area contributed by atoms with E-state index in [1.54, 1.807) is 13.8 Å². The summed E-state index contributed by atoms with van der Waals surface area (Å²) >= 11 is 0. The summed E-state index contributed by atoms with van der Waals surface area (Å²) in [6, 6.07) is 0. The lowest BCUT2D eigenvalue weighted by atomic mass is 9.85. The standard InChI is InChI=1S/C11H21NO5S/c1-7(2)11(6,8(13)9(14)15)12-18(16,17)10(3,4)5/h7,12H,1-6H3,(H,14,15)/t11-/m1/s1. The SMILES string of the molecule is CC(C)[C@@](C)(NS(=O)(=O)C(C)(C)C)C(=O)C(=O)O. The molecule has 0 unspecified atom stereocenters. The number of aliphatic carboxylic acids is 1. The molecule has 0 spiro atoms. The third-order valence-corrected chi connectivity index (χ3v) is 5.28. The van der Waals surface area contributed by atoms with Gasteiger partial charge in [-0.3, -0.25) is 4.79 Å². The van der Waals surface area contributed by atoms with Gasteiger partial charge in [0.15, 0.2) is 0 Å². The molecule has 1 atom stereocenters. The predicted octanol–water partition coefficient (Wildman–Crippen LogP) is 0.773.